The second kappa shape index (κ2) is 10.2. The summed E-state index contributed by atoms with van der Waals surface area (Å²) in [4.78, 5) is 25.6. The molecule has 0 saturated carbocycles. The van der Waals surface area contributed by atoms with Gasteiger partial charge in [0.05, 0.1) is 13.2 Å². The molecular formula is C20H23FN2O4. The fourth-order valence-corrected chi connectivity index (χ4v) is 2.36. The molecular weight excluding hydrogens is 351 g/mol. The average molecular weight is 374 g/mol. The molecule has 0 aromatic heterocycles. The minimum atomic E-state index is -0.562. The molecule has 0 atom stereocenters. The van der Waals surface area contributed by atoms with E-state index in [1.807, 2.05) is 0 Å². The van der Waals surface area contributed by atoms with E-state index < -0.39 is 6.09 Å². The topological polar surface area (TPSA) is 67.9 Å². The smallest absolute Gasteiger partial charge is 0.411 e. The molecule has 0 spiro atoms. The maximum atomic E-state index is 12.8. The number of ether oxygens (including phenoxy) is 2. The SMILES string of the molecule is CCOC(=O)Nc1cccc(C(=O)N(C)CCCOc2ccc(F)cc2)c1. The lowest BCUT2D eigenvalue weighted by Gasteiger charge is -2.18. The van der Waals surface area contributed by atoms with Gasteiger partial charge in [0, 0.05) is 24.8 Å². The van der Waals surface area contributed by atoms with Crippen molar-refractivity contribution in [3.05, 3.63) is 59.9 Å². The Morgan fingerprint density at radius 1 is 1.15 bits per heavy atom. The summed E-state index contributed by atoms with van der Waals surface area (Å²) < 4.78 is 23.2. The zero-order valence-corrected chi connectivity index (χ0v) is 15.4. The molecule has 7 heteroatoms. The Morgan fingerprint density at radius 2 is 1.89 bits per heavy atom. The molecule has 2 aromatic carbocycles. The lowest BCUT2D eigenvalue weighted by Crippen LogP contribution is -2.28. The largest absolute Gasteiger partial charge is 0.494 e. The van der Waals surface area contributed by atoms with Crippen molar-refractivity contribution in [2.75, 3.05) is 32.1 Å². The van der Waals surface area contributed by atoms with Gasteiger partial charge in [0.1, 0.15) is 11.6 Å². The molecule has 0 radical (unpaired) electrons. The van der Waals surface area contributed by atoms with E-state index in [1.54, 1.807) is 55.3 Å². The van der Waals surface area contributed by atoms with Gasteiger partial charge in [-0.15, -0.1) is 0 Å². The molecule has 0 heterocycles. The fraction of sp³-hybridized carbons (Fsp3) is 0.300. The maximum Gasteiger partial charge on any atom is 0.411 e. The first-order valence-corrected chi connectivity index (χ1v) is 8.67. The quantitative estimate of drug-likeness (QED) is 0.711. The van der Waals surface area contributed by atoms with Crippen LogP contribution in [0.2, 0.25) is 0 Å². The summed E-state index contributed by atoms with van der Waals surface area (Å²) in [7, 11) is 1.70. The van der Waals surface area contributed by atoms with Crippen molar-refractivity contribution < 1.29 is 23.5 Å². The van der Waals surface area contributed by atoms with E-state index in [0.29, 0.717) is 36.6 Å². The summed E-state index contributed by atoms with van der Waals surface area (Å²) in [6.07, 6.45) is 0.0637. The molecule has 0 aliphatic rings. The van der Waals surface area contributed by atoms with Crippen molar-refractivity contribution in [3.8, 4) is 5.75 Å². The fourth-order valence-electron chi connectivity index (χ4n) is 2.36. The summed E-state index contributed by atoms with van der Waals surface area (Å²) in [5.41, 5.74) is 0.957. The first-order chi connectivity index (χ1) is 13.0. The normalized spacial score (nSPS) is 10.2. The number of anilines is 1. The molecule has 0 aliphatic heterocycles. The third-order valence-corrected chi connectivity index (χ3v) is 3.70. The minimum absolute atomic E-state index is 0.163. The van der Waals surface area contributed by atoms with Crippen LogP contribution in [0.5, 0.6) is 5.75 Å². The van der Waals surface area contributed by atoms with Crippen LogP contribution < -0.4 is 10.1 Å². The molecule has 1 N–H and O–H groups in total. The van der Waals surface area contributed by atoms with Crippen LogP contribution >= 0.6 is 0 Å². The van der Waals surface area contributed by atoms with Gasteiger partial charge in [0.2, 0.25) is 0 Å². The number of nitrogens with one attached hydrogen (secondary N) is 1. The van der Waals surface area contributed by atoms with Gasteiger partial charge in [0.25, 0.3) is 5.91 Å². The van der Waals surface area contributed by atoms with E-state index in [9.17, 15) is 14.0 Å². The molecule has 0 aliphatic carbocycles. The highest BCUT2D eigenvalue weighted by Gasteiger charge is 2.12. The Labute approximate surface area is 157 Å². The van der Waals surface area contributed by atoms with Gasteiger partial charge in [-0.2, -0.15) is 0 Å². The monoisotopic (exact) mass is 374 g/mol. The molecule has 0 saturated heterocycles. The number of hydrogen-bond acceptors (Lipinski definition) is 4. The van der Waals surface area contributed by atoms with Crippen LogP contribution in [-0.4, -0.2) is 43.7 Å². The number of halogens is 1. The highest BCUT2D eigenvalue weighted by molar-refractivity contribution is 5.96. The van der Waals surface area contributed by atoms with Crippen LogP contribution in [0.4, 0.5) is 14.9 Å². The summed E-state index contributed by atoms with van der Waals surface area (Å²) in [6, 6.07) is 12.5. The number of benzene rings is 2. The maximum absolute atomic E-state index is 12.8. The Hall–Kier alpha value is -3.09. The van der Waals surface area contributed by atoms with Crippen LogP contribution in [-0.2, 0) is 4.74 Å². The van der Waals surface area contributed by atoms with E-state index in [-0.39, 0.29) is 18.3 Å². The van der Waals surface area contributed by atoms with Crippen molar-refractivity contribution in [2.45, 2.75) is 13.3 Å². The van der Waals surface area contributed by atoms with Gasteiger partial charge in [-0.1, -0.05) is 6.07 Å². The predicted molar refractivity (Wildman–Crippen MR) is 101 cm³/mol. The van der Waals surface area contributed by atoms with E-state index in [2.05, 4.69) is 5.32 Å². The number of carbonyl (C=O) groups is 2. The molecule has 6 nitrogen and oxygen atoms in total. The second-order valence-corrected chi connectivity index (χ2v) is 5.81. The van der Waals surface area contributed by atoms with Crippen molar-refractivity contribution in [1.82, 2.24) is 4.90 Å². The highest BCUT2D eigenvalue weighted by atomic mass is 19.1. The Kier molecular flexibility index (Phi) is 7.61. The molecule has 2 amide bonds. The first-order valence-electron chi connectivity index (χ1n) is 8.67. The van der Waals surface area contributed by atoms with E-state index in [4.69, 9.17) is 9.47 Å². The van der Waals surface area contributed by atoms with Gasteiger partial charge in [-0.25, -0.2) is 9.18 Å². The van der Waals surface area contributed by atoms with E-state index in [1.165, 1.54) is 12.1 Å². The predicted octanol–water partition coefficient (Wildman–Crippen LogP) is 3.94. The molecule has 2 aromatic rings. The van der Waals surface area contributed by atoms with Crippen molar-refractivity contribution >= 4 is 17.7 Å². The molecule has 0 unspecified atom stereocenters. The minimum Gasteiger partial charge on any atom is -0.494 e. The van der Waals surface area contributed by atoms with Gasteiger partial charge in [-0.3, -0.25) is 10.1 Å². The van der Waals surface area contributed by atoms with E-state index >= 15 is 0 Å². The number of rotatable bonds is 8. The number of carbonyl (C=O) groups excluding carboxylic acids is 2. The summed E-state index contributed by atoms with van der Waals surface area (Å²) >= 11 is 0. The first kappa shape index (κ1) is 20.2. The number of hydrogen-bond donors (Lipinski definition) is 1. The standard InChI is InChI=1S/C20H23FN2O4/c1-3-26-20(25)22-17-7-4-6-15(14-17)19(24)23(2)12-5-13-27-18-10-8-16(21)9-11-18/h4,6-11,14H,3,5,12-13H2,1-2H3,(H,22,25). The zero-order valence-electron chi connectivity index (χ0n) is 15.4. The average Bonchev–Trinajstić information content (AvgIpc) is 2.66. The van der Waals surface area contributed by atoms with Crippen LogP contribution in [0.25, 0.3) is 0 Å². The van der Waals surface area contributed by atoms with Gasteiger partial charge >= 0.3 is 6.09 Å². The third-order valence-electron chi connectivity index (χ3n) is 3.70. The summed E-state index contributed by atoms with van der Waals surface area (Å²) in [5, 5.41) is 2.57. The molecule has 27 heavy (non-hydrogen) atoms. The van der Waals surface area contributed by atoms with Crippen LogP contribution in [0, 0.1) is 5.82 Å². The zero-order chi connectivity index (χ0) is 19.6. The molecule has 144 valence electrons. The number of amides is 2. The summed E-state index contributed by atoms with van der Waals surface area (Å²) in [5.74, 6) is 0.111. The Morgan fingerprint density at radius 3 is 2.59 bits per heavy atom. The van der Waals surface area contributed by atoms with Crippen molar-refractivity contribution in [1.29, 1.82) is 0 Å². The number of nitrogens with zero attached hydrogens (tertiary/aromatic N) is 1. The van der Waals surface area contributed by atoms with Crippen molar-refractivity contribution in [3.63, 3.8) is 0 Å². The van der Waals surface area contributed by atoms with E-state index in [0.717, 1.165) is 0 Å². The lowest BCUT2D eigenvalue weighted by molar-refractivity contribution is 0.0787. The second-order valence-electron chi connectivity index (χ2n) is 5.81. The Bertz CT molecular complexity index is 765. The van der Waals surface area contributed by atoms with Gasteiger partial charge < -0.3 is 14.4 Å². The van der Waals surface area contributed by atoms with Crippen LogP contribution in [0.1, 0.15) is 23.7 Å². The molecule has 0 bridgehead atoms. The van der Waals surface area contributed by atoms with Crippen LogP contribution in [0.15, 0.2) is 48.5 Å². The lowest BCUT2D eigenvalue weighted by atomic mass is 10.1. The molecule has 0 fully saturated rings. The van der Waals surface area contributed by atoms with Crippen LogP contribution in [0.3, 0.4) is 0 Å². The Balaban J connectivity index is 1.81. The third kappa shape index (κ3) is 6.62. The summed E-state index contributed by atoms with van der Waals surface area (Å²) in [6.45, 7) is 2.89. The molecule has 2 rings (SSSR count). The van der Waals surface area contributed by atoms with Crippen molar-refractivity contribution in [2.24, 2.45) is 0 Å². The van der Waals surface area contributed by atoms with Gasteiger partial charge in [-0.05, 0) is 55.8 Å². The highest BCUT2D eigenvalue weighted by Crippen LogP contribution is 2.14. The van der Waals surface area contributed by atoms with Gasteiger partial charge in [0.15, 0.2) is 0 Å².